The molecule has 1 aromatic rings. The Kier molecular flexibility index (Phi) is 8.53. The molecule has 194 valence electrons. The average molecular weight is 519 g/mol. The van der Waals surface area contributed by atoms with Crippen molar-refractivity contribution in [3.05, 3.63) is 29.3 Å². The molecule has 0 unspecified atom stereocenters. The molecule has 0 saturated carbocycles. The van der Waals surface area contributed by atoms with E-state index >= 15 is 0 Å². The van der Waals surface area contributed by atoms with Gasteiger partial charge in [0.05, 0.1) is 5.41 Å². The van der Waals surface area contributed by atoms with Crippen molar-refractivity contribution in [3.8, 4) is 0 Å². The van der Waals surface area contributed by atoms with Gasteiger partial charge in [-0.1, -0.05) is 11.6 Å². The minimum absolute atomic E-state index is 0.103. The summed E-state index contributed by atoms with van der Waals surface area (Å²) in [5, 5.41) is 10.7. The maximum absolute atomic E-state index is 13.5. The zero-order chi connectivity index (χ0) is 25.8. The number of carboxylic acids is 1. The van der Waals surface area contributed by atoms with Crippen LogP contribution in [0.2, 0.25) is 5.02 Å². The minimum Gasteiger partial charge on any atom is -0.475 e. The predicted octanol–water partition coefficient (Wildman–Crippen LogP) is 3.91. The Hall–Kier alpha value is -2.53. The first kappa shape index (κ1) is 27.1. The lowest BCUT2D eigenvalue weighted by Crippen LogP contribution is -2.49. The van der Waals surface area contributed by atoms with Gasteiger partial charge in [0.2, 0.25) is 5.91 Å². The number of benzene rings is 1. The number of alkyl halides is 3. The molecule has 2 N–H and O–H groups in total. The highest BCUT2D eigenvalue weighted by molar-refractivity contribution is 6.30. The van der Waals surface area contributed by atoms with Crippen molar-refractivity contribution in [1.29, 1.82) is 0 Å². The first-order valence-electron chi connectivity index (χ1n) is 11.6. The number of carbonyl (C=O) groups excluding carboxylic acids is 2. The summed E-state index contributed by atoms with van der Waals surface area (Å²) in [6, 6.07) is 7.26. The number of carbonyl (C=O) groups is 3. The van der Waals surface area contributed by atoms with E-state index in [9.17, 15) is 22.8 Å². The summed E-state index contributed by atoms with van der Waals surface area (Å²) in [7, 11) is 2.12. The summed E-state index contributed by atoms with van der Waals surface area (Å²) in [6.45, 7) is 4.02. The van der Waals surface area contributed by atoms with Crippen LogP contribution in [0.3, 0.4) is 0 Å². The molecule has 3 aliphatic rings. The van der Waals surface area contributed by atoms with Crippen molar-refractivity contribution in [3.63, 3.8) is 0 Å². The average Bonchev–Trinajstić information content (AvgIpc) is 3.39. The molecule has 0 spiro atoms. The van der Waals surface area contributed by atoms with Gasteiger partial charge in [-0.05, 0) is 70.0 Å². The molecule has 3 heterocycles. The van der Waals surface area contributed by atoms with Gasteiger partial charge in [-0.3, -0.25) is 4.79 Å². The lowest BCUT2D eigenvalue weighted by atomic mass is 9.75. The summed E-state index contributed by atoms with van der Waals surface area (Å²) in [4.78, 5) is 41.4. The van der Waals surface area contributed by atoms with E-state index in [0.29, 0.717) is 24.0 Å². The molecule has 8 nitrogen and oxygen atoms in total. The SMILES string of the molecule is CN1CC[C@@]2(C(=O)N3CCCC3)CCN(C(=O)Nc3ccc(Cl)cc3)CC[C@@H]12.O=C(O)C(F)(F)F. The molecule has 3 fully saturated rings. The van der Waals surface area contributed by atoms with Crippen LogP contribution in [0, 0.1) is 5.41 Å². The van der Waals surface area contributed by atoms with E-state index in [4.69, 9.17) is 21.5 Å². The molecule has 4 rings (SSSR count). The second-order valence-electron chi connectivity index (χ2n) is 9.17. The lowest BCUT2D eigenvalue weighted by molar-refractivity contribution is -0.192. The van der Waals surface area contributed by atoms with E-state index in [1.54, 1.807) is 24.3 Å². The fraction of sp³-hybridized carbons (Fsp3) is 0.609. The number of nitrogens with one attached hydrogen (secondary N) is 1. The highest BCUT2D eigenvalue weighted by Gasteiger charge is 2.54. The first-order chi connectivity index (χ1) is 16.4. The summed E-state index contributed by atoms with van der Waals surface area (Å²) < 4.78 is 31.7. The van der Waals surface area contributed by atoms with E-state index in [1.807, 2.05) is 4.90 Å². The Balaban J connectivity index is 0.000000429. The molecule has 0 aromatic heterocycles. The Morgan fingerprint density at radius 3 is 2.14 bits per heavy atom. The first-order valence-corrected chi connectivity index (χ1v) is 11.9. The van der Waals surface area contributed by atoms with Gasteiger partial charge in [0.25, 0.3) is 0 Å². The molecular weight excluding hydrogens is 489 g/mol. The number of hydrogen-bond acceptors (Lipinski definition) is 4. The van der Waals surface area contributed by atoms with Crippen LogP contribution in [-0.4, -0.2) is 89.7 Å². The molecule has 12 heteroatoms. The van der Waals surface area contributed by atoms with Gasteiger partial charge in [0.1, 0.15) is 0 Å². The highest BCUT2D eigenvalue weighted by atomic mass is 35.5. The molecule has 0 aliphatic carbocycles. The van der Waals surface area contributed by atoms with Crippen LogP contribution in [0.25, 0.3) is 0 Å². The van der Waals surface area contributed by atoms with Crippen molar-refractivity contribution in [1.82, 2.24) is 14.7 Å². The number of likely N-dealkylation sites (tertiary alicyclic amines) is 3. The number of hydrogen-bond donors (Lipinski definition) is 2. The number of rotatable bonds is 2. The molecule has 0 radical (unpaired) electrons. The third-order valence-electron chi connectivity index (χ3n) is 7.03. The van der Waals surface area contributed by atoms with Crippen LogP contribution in [-0.2, 0) is 9.59 Å². The van der Waals surface area contributed by atoms with Crippen molar-refractivity contribution in [2.75, 3.05) is 45.1 Å². The quantitative estimate of drug-likeness (QED) is 0.619. The standard InChI is InChI=1S/C21H29ClN4O2.C2HF3O2/c1-24-14-9-21(19(27)25-11-2-3-12-25)10-15-26(13-8-18(21)24)20(28)23-17-6-4-16(22)5-7-17;3-2(4,5)1(6)7/h4-7,18H,2-3,8-15H2,1H3,(H,23,28);(H,6,7)/t18-,21-;/m1./s1. The molecular formula is C23H30ClF3N4O4. The summed E-state index contributed by atoms with van der Waals surface area (Å²) in [5.41, 5.74) is 0.396. The van der Waals surface area contributed by atoms with Crippen LogP contribution in [0.4, 0.5) is 23.7 Å². The van der Waals surface area contributed by atoms with Gasteiger partial charge in [-0.25, -0.2) is 9.59 Å². The Morgan fingerprint density at radius 2 is 1.57 bits per heavy atom. The second-order valence-corrected chi connectivity index (χ2v) is 9.60. The maximum Gasteiger partial charge on any atom is 0.490 e. The largest absolute Gasteiger partial charge is 0.490 e. The normalized spacial score (nSPS) is 24.8. The van der Waals surface area contributed by atoms with Crippen molar-refractivity contribution in [2.24, 2.45) is 5.41 Å². The van der Waals surface area contributed by atoms with E-state index in [1.165, 1.54) is 0 Å². The molecule has 3 saturated heterocycles. The van der Waals surface area contributed by atoms with Gasteiger partial charge in [-0.2, -0.15) is 13.2 Å². The van der Waals surface area contributed by atoms with Crippen LogP contribution < -0.4 is 5.32 Å². The van der Waals surface area contributed by atoms with Crippen LogP contribution in [0.15, 0.2) is 24.3 Å². The highest BCUT2D eigenvalue weighted by Crippen LogP contribution is 2.45. The van der Waals surface area contributed by atoms with Crippen molar-refractivity contribution in [2.45, 2.75) is 44.3 Å². The second kappa shape index (κ2) is 11.0. The maximum atomic E-state index is 13.5. The number of urea groups is 1. The summed E-state index contributed by atoms with van der Waals surface area (Å²) in [5.74, 6) is -2.44. The zero-order valence-corrected chi connectivity index (χ0v) is 20.2. The lowest BCUT2D eigenvalue weighted by Gasteiger charge is -2.37. The monoisotopic (exact) mass is 518 g/mol. The summed E-state index contributed by atoms with van der Waals surface area (Å²) in [6.07, 6.45) is -0.387. The van der Waals surface area contributed by atoms with Gasteiger partial charge in [-0.15, -0.1) is 0 Å². The summed E-state index contributed by atoms with van der Waals surface area (Å²) >= 11 is 5.92. The van der Waals surface area contributed by atoms with Gasteiger partial charge >= 0.3 is 18.2 Å². The fourth-order valence-electron chi connectivity index (χ4n) is 5.16. The number of nitrogens with zero attached hydrogens (tertiary/aromatic N) is 3. The minimum atomic E-state index is -5.08. The molecule has 1 aromatic carbocycles. The Bertz CT molecular complexity index is 924. The third-order valence-corrected chi connectivity index (χ3v) is 7.28. The van der Waals surface area contributed by atoms with Crippen molar-refractivity contribution >= 4 is 35.2 Å². The van der Waals surface area contributed by atoms with E-state index in [-0.39, 0.29) is 17.5 Å². The van der Waals surface area contributed by atoms with Gasteiger partial charge < -0.3 is 25.1 Å². The number of aliphatic carboxylic acids is 1. The van der Waals surface area contributed by atoms with Gasteiger partial charge in [0, 0.05) is 42.9 Å². The van der Waals surface area contributed by atoms with E-state index < -0.39 is 12.1 Å². The molecule has 35 heavy (non-hydrogen) atoms. The van der Waals surface area contributed by atoms with E-state index in [0.717, 1.165) is 57.4 Å². The number of carboxylic acid groups (broad SMARTS) is 1. The Labute approximate surface area is 207 Å². The molecule has 0 bridgehead atoms. The smallest absolute Gasteiger partial charge is 0.475 e. The van der Waals surface area contributed by atoms with Crippen LogP contribution >= 0.6 is 11.6 Å². The number of halogens is 4. The zero-order valence-electron chi connectivity index (χ0n) is 19.5. The van der Waals surface area contributed by atoms with E-state index in [2.05, 4.69) is 22.2 Å². The number of amides is 3. The number of anilines is 1. The number of fused-ring (bicyclic) bond motifs is 1. The third kappa shape index (κ3) is 6.38. The molecule has 2 atom stereocenters. The van der Waals surface area contributed by atoms with Crippen LogP contribution in [0.1, 0.15) is 32.1 Å². The predicted molar refractivity (Wildman–Crippen MR) is 124 cm³/mol. The molecule has 3 aliphatic heterocycles. The van der Waals surface area contributed by atoms with Crippen molar-refractivity contribution < 1.29 is 32.7 Å². The fourth-order valence-corrected chi connectivity index (χ4v) is 5.29. The van der Waals surface area contributed by atoms with Gasteiger partial charge in [0.15, 0.2) is 0 Å². The Morgan fingerprint density at radius 1 is 1.00 bits per heavy atom. The molecule has 3 amide bonds. The van der Waals surface area contributed by atoms with Crippen LogP contribution in [0.5, 0.6) is 0 Å². The topological polar surface area (TPSA) is 93.2 Å².